The van der Waals surface area contributed by atoms with E-state index in [0.29, 0.717) is 5.41 Å². The molecule has 1 fully saturated rings. The number of hydrogen-bond donors (Lipinski definition) is 0. The second-order valence-corrected chi connectivity index (χ2v) is 3.09. The lowest BCUT2D eigenvalue weighted by atomic mass is 10.1. The molecule has 1 aliphatic carbocycles. The third kappa shape index (κ3) is 0.444. The van der Waals surface area contributed by atoms with Crippen LogP contribution in [0.25, 0.3) is 0 Å². The van der Waals surface area contributed by atoms with Crippen molar-refractivity contribution in [3.05, 3.63) is 0 Å². The van der Waals surface area contributed by atoms with Crippen LogP contribution >= 0.6 is 0 Å². The van der Waals surface area contributed by atoms with Crippen LogP contribution in [0.15, 0.2) is 0 Å². The standard InChI is InChI=1S/C6H12.2H2/c1-5-4-6(5,2)3;;/h5H,4H2,1-3H3;2*1H. The summed E-state index contributed by atoms with van der Waals surface area (Å²) in [5, 5.41) is 0. The van der Waals surface area contributed by atoms with Crippen molar-refractivity contribution in [3.63, 3.8) is 0 Å². The molecule has 1 rings (SSSR count). The largest absolute Gasteiger partial charge is 0.0620 e. The summed E-state index contributed by atoms with van der Waals surface area (Å²) in [5.74, 6) is 0.998. The molecule has 0 heteroatoms. The number of rotatable bonds is 0. The molecule has 1 atom stereocenters. The van der Waals surface area contributed by atoms with E-state index in [1.807, 2.05) is 0 Å². The second kappa shape index (κ2) is 0.800. The minimum Gasteiger partial charge on any atom is -0.0620 e. The van der Waals surface area contributed by atoms with Crippen molar-refractivity contribution in [1.82, 2.24) is 0 Å². The van der Waals surface area contributed by atoms with Gasteiger partial charge in [0, 0.05) is 2.85 Å². The maximum Gasteiger partial charge on any atom is 0 e. The highest BCUT2D eigenvalue weighted by Gasteiger charge is 2.41. The van der Waals surface area contributed by atoms with Crippen LogP contribution in [0.4, 0.5) is 0 Å². The van der Waals surface area contributed by atoms with Gasteiger partial charge in [-0.2, -0.15) is 0 Å². The minimum absolute atomic E-state index is 0. The van der Waals surface area contributed by atoms with E-state index < -0.39 is 0 Å². The Hall–Kier alpha value is 0. The number of hydrogen-bond acceptors (Lipinski definition) is 0. The first-order valence-corrected chi connectivity index (χ1v) is 2.63. The van der Waals surface area contributed by atoms with Gasteiger partial charge in [-0.25, -0.2) is 0 Å². The van der Waals surface area contributed by atoms with Gasteiger partial charge in [0.1, 0.15) is 0 Å². The molecule has 0 heterocycles. The van der Waals surface area contributed by atoms with E-state index in [2.05, 4.69) is 20.8 Å². The molecule has 0 nitrogen and oxygen atoms in total. The molecule has 0 aromatic heterocycles. The van der Waals surface area contributed by atoms with Gasteiger partial charge in [0.15, 0.2) is 0 Å². The summed E-state index contributed by atoms with van der Waals surface area (Å²) in [6.45, 7) is 6.94. The first-order chi connectivity index (χ1) is 2.63. The molecular formula is C6H16. The molecule has 0 aromatic carbocycles. The zero-order valence-corrected chi connectivity index (χ0v) is 4.78. The van der Waals surface area contributed by atoms with Gasteiger partial charge in [-0.15, -0.1) is 0 Å². The van der Waals surface area contributed by atoms with Crippen LogP contribution in [0.2, 0.25) is 0 Å². The van der Waals surface area contributed by atoms with Crippen LogP contribution < -0.4 is 0 Å². The summed E-state index contributed by atoms with van der Waals surface area (Å²) in [6, 6.07) is 0. The summed E-state index contributed by atoms with van der Waals surface area (Å²) in [6.07, 6.45) is 1.44. The lowest BCUT2D eigenvalue weighted by Gasteiger charge is -1.91. The van der Waals surface area contributed by atoms with Gasteiger partial charge >= 0.3 is 0 Å². The zero-order valence-electron chi connectivity index (χ0n) is 4.78. The second-order valence-electron chi connectivity index (χ2n) is 3.09. The van der Waals surface area contributed by atoms with Crippen LogP contribution in [0.1, 0.15) is 30.0 Å². The fourth-order valence-corrected chi connectivity index (χ4v) is 0.730. The molecule has 0 saturated heterocycles. The van der Waals surface area contributed by atoms with Crippen LogP contribution in [0.5, 0.6) is 0 Å². The van der Waals surface area contributed by atoms with Crippen LogP contribution in [-0.4, -0.2) is 0 Å². The van der Waals surface area contributed by atoms with Crippen LogP contribution in [0, 0.1) is 11.3 Å². The fourth-order valence-electron chi connectivity index (χ4n) is 0.730. The Morgan fingerprint density at radius 1 is 1.67 bits per heavy atom. The highest BCUT2D eigenvalue weighted by Crippen LogP contribution is 2.50. The molecule has 0 amide bonds. The van der Waals surface area contributed by atoms with E-state index in [4.69, 9.17) is 0 Å². The summed E-state index contributed by atoms with van der Waals surface area (Å²) in [5.41, 5.74) is 0.708. The first kappa shape index (κ1) is 4.17. The Morgan fingerprint density at radius 3 is 1.83 bits per heavy atom. The fraction of sp³-hybridized carbons (Fsp3) is 1.00. The van der Waals surface area contributed by atoms with Crippen LogP contribution in [-0.2, 0) is 0 Å². The molecule has 0 radical (unpaired) electrons. The van der Waals surface area contributed by atoms with E-state index in [0.717, 1.165) is 5.92 Å². The van der Waals surface area contributed by atoms with E-state index in [-0.39, 0.29) is 2.85 Å². The third-order valence-corrected chi connectivity index (χ3v) is 2.01. The molecule has 0 bridgehead atoms. The van der Waals surface area contributed by atoms with Crippen molar-refractivity contribution >= 4 is 0 Å². The van der Waals surface area contributed by atoms with E-state index in [1.165, 1.54) is 6.42 Å². The molecule has 40 valence electrons. The predicted octanol–water partition coefficient (Wildman–Crippen LogP) is 2.54. The summed E-state index contributed by atoms with van der Waals surface area (Å²) >= 11 is 0. The summed E-state index contributed by atoms with van der Waals surface area (Å²) < 4.78 is 0. The molecule has 0 aliphatic heterocycles. The van der Waals surface area contributed by atoms with Gasteiger partial charge in [-0.1, -0.05) is 20.8 Å². The summed E-state index contributed by atoms with van der Waals surface area (Å²) in [4.78, 5) is 0. The molecule has 0 aromatic rings. The van der Waals surface area contributed by atoms with Crippen molar-refractivity contribution in [2.45, 2.75) is 27.2 Å². The van der Waals surface area contributed by atoms with Gasteiger partial charge < -0.3 is 0 Å². The van der Waals surface area contributed by atoms with E-state index >= 15 is 0 Å². The molecule has 1 saturated carbocycles. The smallest absolute Gasteiger partial charge is 0 e. The molecular weight excluding hydrogens is 72.1 g/mol. The predicted molar refractivity (Wildman–Crippen MR) is 31.8 cm³/mol. The average molecular weight is 88.2 g/mol. The Labute approximate surface area is 42.5 Å². The van der Waals surface area contributed by atoms with Gasteiger partial charge in [-0.3, -0.25) is 0 Å². The van der Waals surface area contributed by atoms with Gasteiger partial charge in [0.25, 0.3) is 0 Å². The topological polar surface area (TPSA) is 0 Å². The van der Waals surface area contributed by atoms with Crippen molar-refractivity contribution < 1.29 is 2.85 Å². The monoisotopic (exact) mass is 88.1 g/mol. The lowest BCUT2D eigenvalue weighted by Crippen LogP contribution is -1.82. The van der Waals surface area contributed by atoms with Crippen molar-refractivity contribution in [1.29, 1.82) is 0 Å². The minimum atomic E-state index is 0. The van der Waals surface area contributed by atoms with E-state index in [9.17, 15) is 0 Å². The Morgan fingerprint density at radius 2 is 1.83 bits per heavy atom. The molecule has 0 spiro atoms. The van der Waals surface area contributed by atoms with Crippen molar-refractivity contribution in [3.8, 4) is 0 Å². The third-order valence-electron chi connectivity index (χ3n) is 2.01. The molecule has 1 unspecified atom stereocenters. The summed E-state index contributed by atoms with van der Waals surface area (Å²) in [7, 11) is 0. The quantitative estimate of drug-likeness (QED) is 0.427. The normalized spacial score (nSPS) is 39.5. The maximum absolute atomic E-state index is 2.32. The van der Waals surface area contributed by atoms with Gasteiger partial charge in [0.2, 0.25) is 0 Å². The molecule has 6 heavy (non-hydrogen) atoms. The maximum atomic E-state index is 2.32. The average Bonchev–Trinajstić information content (AvgIpc) is 1.73. The molecule has 0 N–H and O–H groups in total. The highest BCUT2D eigenvalue weighted by molar-refractivity contribution is 4.91. The SMILES string of the molecule is CC1CC1(C)C.[HH].[HH]. The Balaban J connectivity index is 0. The van der Waals surface area contributed by atoms with Crippen molar-refractivity contribution in [2.24, 2.45) is 11.3 Å². The lowest BCUT2D eigenvalue weighted by molar-refractivity contribution is 0.586. The zero-order chi connectivity index (χ0) is 4.78. The van der Waals surface area contributed by atoms with Gasteiger partial charge in [0.05, 0.1) is 0 Å². The van der Waals surface area contributed by atoms with Gasteiger partial charge in [-0.05, 0) is 17.8 Å². The highest BCUT2D eigenvalue weighted by atomic mass is 14.5. The Kier molecular flexibility index (Phi) is 0.556. The Bertz CT molecular complexity index is 68.9. The van der Waals surface area contributed by atoms with Crippen molar-refractivity contribution in [2.75, 3.05) is 0 Å². The van der Waals surface area contributed by atoms with E-state index in [1.54, 1.807) is 0 Å². The first-order valence-electron chi connectivity index (χ1n) is 2.63. The van der Waals surface area contributed by atoms with Crippen LogP contribution in [0.3, 0.4) is 0 Å². The molecule has 1 aliphatic rings.